The molecule has 3 heteroatoms. The molecule has 3 nitrogen and oxygen atoms in total. The molecule has 0 amide bonds. The molecule has 1 unspecified atom stereocenters. The lowest BCUT2D eigenvalue weighted by atomic mass is 9.82. The number of ether oxygens (including phenoxy) is 1. The van der Waals surface area contributed by atoms with E-state index >= 15 is 0 Å². The molecule has 1 aliphatic carbocycles. The molecule has 21 heavy (non-hydrogen) atoms. The van der Waals surface area contributed by atoms with E-state index in [1.807, 2.05) is 6.08 Å². The van der Waals surface area contributed by atoms with Crippen LogP contribution in [0.5, 0.6) is 0 Å². The van der Waals surface area contributed by atoms with Crippen LogP contribution in [0.25, 0.3) is 0 Å². The third-order valence-corrected chi connectivity index (χ3v) is 5.51. The first-order chi connectivity index (χ1) is 10.3. The van der Waals surface area contributed by atoms with Crippen molar-refractivity contribution in [3.8, 4) is 0 Å². The van der Waals surface area contributed by atoms with Crippen LogP contribution < -0.4 is 5.32 Å². The van der Waals surface area contributed by atoms with Crippen LogP contribution >= 0.6 is 0 Å². The molecule has 2 fully saturated rings. The van der Waals surface area contributed by atoms with Gasteiger partial charge in [0.05, 0.1) is 13.2 Å². The van der Waals surface area contributed by atoms with Gasteiger partial charge >= 0.3 is 0 Å². The molecule has 1 heterocycles. The number of rotatable bonds is 9. The molecule has 0 aromatic rings. The van der Waals surface area contributed by atoms with Crippen molar-refractivity contribution in [1.82, 2.24) is 10.2 Å². The van der Waals surface area contributed by atoms with Gasteiger partial charge in [-0.1, -0.05) is 31.8 Å². The molecule has 1 saturated carbocycles. The lowest BCUT2D eigenvalue weighted by Crippen LogP contribution is -2.61. The van der Waals surface area contributed by atoms with Crippen LogP contribution in [0.4, 0.5) is 0 Å². The van der Waals surface area contributed by atoms with E-state index in [1.54, 1.807) is 0 Å². The van der Waals surface area contributed by atoms with Crippen molar-refractivity contribution < 1.29 is 4.74 Å². The van der Waals surface area contributed by atoms with Crippen molar-refractivity contribution in [1.29, 1.82) is 0 Å². The fourth-order valence-corrected chi connectivity index (χ4v) is 4.38. The van der Waals surface area contributed by atoms with Crippen LogP contribution in [0.2, 0.25) is 0 Å². The van der Waals surface area contributed by atoms with E-state index in [0.717, 1.165) is 26.3 Å². The number of likely N-dealkylation sites (N-methyl/N-ethyl adjacent to an activating group) is 1. The minimum absolute atomic E-state index is 0.400. The summed E-state index contributed by atoms with van der Waals surface area (Å²) in [6, 6.07) is 0.641. The number of allylic oxidation sites excluding steroid dienone is 1. The largest absolute Gasteiger partial charge is 0.379 e. The molecule has 1 aliphatic heterocycles. The van der Waals surface area contributed by atoms with E-state index in [2.05, 4.69) is 23.8 Å². The molecule has 2 aliphatic rings. The Morgan fingerprint density at radius 3 is 2.52 bits per heavy atom. The fraction of sp³-hybridized carbons (Fsp3) is 0.889. The zero-order valence-electron chi connectivity index (χ0n) is 13.9. The van der Waals surface area contributed by atoms with Gasteiger partial charge in [0.15, 0.2) is 0 Å². The molecule has 0 spiro atoms. The van der Waals surface area contributed by atoms with E-state index in [4.69, 9.17) is 4.74 Å². The molecule has 2 rings (SSSR count). The molecular weight excluding hydrogens is 260 g/mol. The predicted molar refractivity (Wildman–Crippen MR) is 89.7 cm³/mol. The summed E-state index contributed by atoms with van der Waals surface area (Å²) in [6.45, 7) is 7.88. The second-order valence-electron chi connectivity index (χ2n) is 6.68. The van der Waals surface area contributed by atoms with Gasteiger partial charge in [0.25, 0.3) is 0 Å². The summed E-state index contributed by atoms with van der Waals surface area (Å²) in [5.41, 5.74) is 0.400. The molecule has 1 atom stereocenters. The highest BCUT2D eigenvalue weighted by Gasteiger charge is 2.45. The van der Waals surface area contributed by atoms with E-state index < -0.39 is 0 Å². The normalized spacial score (nSPS) is 24.0. The van der Waals surface area contributed by atoms with Crippen LogP contribution in [0.1, 0.15) is 57.8 Å². The highest BCUT2D eigenvalue weighted by Crippen LogP contribution is 2.40. The highest BCUT2D eigenvalue weighted by molar-refractivity contribution is 5.03. The fourth-order valence-electron chi connectivity index (χ4n) is 4.38. The van der Waals surface area contributed by atoms with Gasteiger partial charge < -0.3 is 10.1 Å². The zero-order valence-corrected chi connectivity index (χ0v) is 13.9. The van der Waals surface area contributed by atoms with Crippen molar-refractivity contribution in [2.24, 2.45) is 0 Å². The minimum atomic E-state index is 0.400. The molecule has 0 bridgehead atoms. The van der Waals surface area contributed by atoms with Gasteiger partial charge in [0.2, 0.25) is 0 Å². The smallest absolute Gasteiger partial charge is 0.0594 e. The number of hydrogen-bond acceptors (Lipinski definition) is 3. The third kappa shape index (κ3) is 4.30. The first-order valence-corrected chi connectivity index (χ1v) is 8.94. The predicted octanol–water partition coefficient (Wildman–Crippen LogP) is 3.36. The van der Waals surface area contributed by atoms with Crippen molar-refractivity contribution in [2.75, 3.05) is 33.4 Å². The van der Waals surface area contributed by atoms with E-state index in [0.29, 0.717) is 11.6 Å². The lowest BCUT2D eigenvalue weighted by molar-refractivity contribution is -0.0361. The quantitative estimate of drug-likeness (QED) is 0.521. The molecule has 0 aromatic heterocycles. The van der Waals surface area contributed by atoms with Crippen molar-refractivity contribution in [3.63, 3.8) is 0 Å². The summed E-state index contributed by atoms with van der Waals surface area (Å²) < 4.78 is 5.57. The first-order valence-electron chi connectivity index (χ1n) is 8.94. The molecular formula is C18H34N2O. The van der Waals surface area contributed by atoms with Crippen molar-refractivity contribution >= 4 is 0 Å². The summed E-state index contributed by atoms with van der Waals surface area (Å²) in [4.78, 5) is 2.74. The molecule has 0 radical (unpaired) electrons. The van der Waals surface area contributed by atoms with E-state index in [-0.39, 0.29) is 0 Å². The van der Waals surface area contributed by atoms with E-state index in [9.17, 15) is 0 Å². The second-order valence-corrected chi connectivity index (χ2v) is 6.68. The molecule has 1 N–H and O–H groups in total. The molecule has 122 valence electrons. The number of hydrogen-bond donors (Lipinski definition) is 1. The zero-order chi connectivity index (χ0) is 15.0. The van der Waals surface area contributed by atoms with Gasteiger partial charge in [-0.25, -0.2) is 0 Å². The van der Waals surface area contributed by atoms with Crippen LogP contribution in [0.3, 0.4) is 0 Å². The minimum Gasteiger partial charge on any atom is -0.379 e. The Labute approximate surface area is 131 Å². The first kappa shape index (κ1) is 17.0. The summed E-state index contributed by atoms with van der Waals surface area (Å²) in [7, 11) is 2.16. The number of nitrogens with one attached hydrogen (secondary N) is 1. The van der Waals surface area contributed by atoms with Gasteiger partial charge in [-0.3, -0.25) is 4.90 Å². The summed E-state index contributed by atoms with van der Waals surface area (Å²) in [6.07, 6.45) is 14.0. The maximum absolute atomic E-state index is 5.57. The second kappa shape index (κ2) is 8.92. The van der Waals surface area contributed by atoms with Crippen LogP contribution in [-0.4, -0.2) is 49.8 Å². The molecule has 1 saturated heterocycles. The van der Waals surface area contributed by atoms with Crippen LogP contribution in [0.15, 0.2) is 12.7 Å². The number of nitrogens with zero attached hydrogens (tertiary/aromatic N) is 1. The van der Waals surface area contributed by atoms with Crippen LogP contribution in [0, 0.1) is 0 Å². The average molecular weight is 294 g/mol. The summed E-state index contributed by atoms with van der Waals surface area (Å²) in [5, 5.41) is 3.67. The van der Waals surface area contributed by atoms with Crippen molar-refractivity contribution in [2.45, 2.75) is 69.4 Å². The number of unbranched alkanes of at least 4 members (excludes halogenated alkanes) is 3. The van der Waals surface area contributed by atoms with Gasteiger partial charge in [0.1, 0.15) is 0 Å². The number of morpholine rings is 1. The van der Waals surface area contributed by atoms with Gasteiger partial charge in [-0.15, -0.1) is 6.58 Å². The summed E-state index contributed by atoms with van der Waals surface area (Å²) in [5.74, 6) is 0. The Hall–Kier alpha value is -0.380. The van der Waals surface area contributed by atoms with Crippen molar-refractivity contribution in [3.05, 3.63) is 12.7 Å². The van der Waals surface area contributed by atoms with Gasteiger partial charge in [-0.05, 0) is 39.2 Å². The van der Waals surface area contributed by atoms with Crippen LogP contribution in [-0.2, 0) is 4.74 Å². The standard InChI is InChI=1S/C18H34N2O/c1-3-4-5-6-7-10-17(19-2)18(11-8-9-12-18)20-13-15-21-16-14-20/h3,17,19H,1,4-16H2,2H3. The SMILES string of the molecule is C=CCCCCCC(NC)C1(N2CCOCC2)CCCC1. The van der Waals surface area contributed by atoms with Gasteiger partial charge in [-0.2, -0.15) is 0 Å². The topological polar surface area (TPSA) is 24.5 Å². The Morgan fingerprint density at radius 2 is 1.90 bits per heavy atom. The Morgan fingerprint density at radius 1 is 1.19 bits per heavy atom. The maximum atomic E-state index is 5.57. The maximum Gasteiger partial charge on any atom is 0.0594 e. The van der Waals surface area contributed by atoms with Gasteiger partial charge in [0, 0.05) is 24.7 Å². The van der Waals surface area contributed by atoms with E-state index in [1.165, 1.54) is 57.8 Å². The monoisotopic (exact) mass is 294 g/mol. The Kier molecular flexibility index (Phi) is 7.21. The average Bonchev–Trinajstić information content (AvgIpc) is 3.02. The summed E-state index contributed by atoms with van der Waals surface area (Å²) >= 11 is 0. The molecule has 0 aromatic carbocycles. The highest BCUT2D eigenvalue weighted by atomic mass is 16.5. The third-order valence-electron chi connectivity index (χ3n) is 5.51. The Balaban J connectivity index is 1.92. The lowest BCUT2D eigenvalue weighted by Gasteiger charge is -2.48. The Bertz CT molecular complexity index is 294.